The average molecular weight is 424 g/mol. The summed E-state index contributed by atoms with van der Waals surface area (Å²) in [7, 11) is 0. The summed E-state index contributed by atoms with van der Waals surface area (Å²) < 4.78 is 28.5. The van der Waals surface area contributed by atoms with Gasteiger partial charge in [-0.25, -0.2) is 8.78 Å². The maximum atomic E-state index is 13.4. The van der Waals surface area contributed by atoms with Crippen molar-refractivity contribution >= 4 is 44.2 Å². The van der Waals surface area contributed by atoms with Crippen molar-refractivity contribution in [1.29, 1.82) is 0 Å². The number of rotatable bonds is 3. The Morgan fingerprint density at radius 1 is 1.17 bits per heavy atom. The fourth-order valence-electron chi connectivity index (χ4n) is 1.51. The summed E-state index contributed by atoms with van der Waals surface area (Å²) >= 11 is 5.62. The first-order valence-electron chi connectivity index (χ1n) is 5.20. The monoisotopic (exact) mass is 423 g/mol. The first kappa shape index (κ1) is 13.7. The van der Waals surface area contributed by atoms with Gasteiger partial charge >= 0.3 is 0 Å². The lowest BCUT2D eigenvalue weighted by Crippen LogP contribution is -2.03. The van der Waals surface area contributed by atoms with Crippen LogP contribution in [0.3, 0.4) is 0 Å². The molecule has 2 rings (SSSR count). The first-order valence-corrected chi connectivity index (χ1v) is 7.07. The second-order valence-corrected chi connectivity index (χ2v) is 5.79. The fraction of sp³-hybridized carbons (Fsp3) is 0.0769. The highest BCUT2D eigenvalue weighted by Crippen LogP contribution is 2.25. The maximum absolute atomic E-state index is 13.4. The van der Waals surface area contributed by atoms with E-state index in [-0.39, 0.29) is 6.54 Å². The number of benzene rings is 2. The molecule has 0 fully saturated rings. The van der Waals surface area contributed by atoms with Crippen LogP contribution in [-0.2, 0) is 6.54 Å². The molecule has 0 radical (unpaired) electrons. The zero-order chi connectivity index (χ0) is 13.1. The molecule has 18 heavy (non-hydrogen) atoms. The van der Waals surface area contributed by atoms with Crippen molar-refractivity contribution in [2.75, 3.05) is 5.32 Å². The van der Waals surface area contributed by atoms with Gasteiger partial charge in [0.1, 0.15) is 0 Å². The van der Waals surface area contributed by atoms with Gasteiger partial charge in [0.15, 0.2) is 11.6 Å². The molecular formula is C13H9BrF2IN. The molecule has 0 aliphatic rings. The van der Waals surface area contributed by atoms with Gasteiger partial charge in [-0.3, -0.25) is 0 Å². The Balaban J connectivity index is 2.14. The molecule has 0 saturated carbocycles. The molecule has 0 amide bonds. The molecule has 0 atom stereocenters. The maximum Gasteiger partial charge on any atom is 0.163 e. The van der Waals surface area contributed by atoms with E-state index < -0.39 is 11.6 Å². The van der Waals surface area contributed by atoms with Gasteiger partial charge in [-0.2, -0.15) is 0 Å². The molecule has 0 bridgehead atoms. The largest absolute Gasteiger partial charge is 0.380 e. The van der Waals surface area contributed by atoms with Gasteiger partial charge in [0, 0.05) is 25.8 Å². The molecule has 2 aromatic rings. The van der Waals surface area contributed by atoms with Crippen molar-refractivity contribution in [3.05, 3.63) is 61.6 Å². The van der Waals surface area contributed by atoms with Crippen LogP contribution in [0.5, 0.6) is 0 Å². The normalized spacial score (nSPS) is 10.4. The summed E-state index contributed by atoms with van der Waals surface area (Å²) in [4.78, 5) is 0. The van der Waals surface area contributed by atoms with Gasteiger partial charge in [0.05, 0.1) is 0 Å². The summed E-state index contributed by atoms with van der Waals surface area (Å²) in [5, 5.41) is 3.07. The van der Waals surface area contributed by atoms with Gasteiger partial charge in [-0.15, -0.1) is 0 Å². The Kier molecular flexibility index (Phi) is 4.55. The minimum absolute atomic E-state index is 0.239. The molecule has 0 spiro atoms. The summed E-state index contributed by atoms with van der Waals surface area (Å²) in [6.07, 6.45) is 0. The van der Waals surface area contributed by atoms with Crippen molar-refractivity contribution in [2.45, 2.75) is 6.54 Å². The van der Waals surface area contributed by atoms with Crippen LogP contribution in [-0.4, -0.2) is 0 Å². The molecule has 1 nitrogen and oxygen atoms in total. The predicted molar refractivity (Wildman–Crippen MR) is 80.5 cm³/mol. The quantitative estimate of drug-likeness (QED) is 0.689. The second kappa shape index (κ2) is 5.97. The minimum atomic E-state index is -0.823. The van der Waals surface area contributed by atoms with E-state index in [4.69, 9.17) is 0 Å². The van der Waals surface area contributed by atoms with Gasteiger partial charge in [-0.05, 0) is 62.8 Å². The lowest BCUT2D eigenvalue weighted by atomic mass is 10.2. The minimum Gasteiger partial charge on any atom is -0.380 e. The number of hydrogen-bond donors (Lipinski definition) is 1. The van der Waals surface area contributed by atoms with Crippen LogP contribution < -0.4 is 5.32 Å². The lowest BCUT2D eigenvalue weighted by molar-refractivity contribution is 0.500. The van der Waals surface area contributed by atoms with Crippen LogP contribution in [0.1, 0.15) is 5.56 Å². The molecule has 1 N–H and O–H groups in total. The van der Waals surface area contributed by atoms with Crippen LogP contribution >= 0.6 is 38.5 Å². The molecule has 5 heteroatoms. The zero-order valence-corrected chi connectivity index (χ0v) is 12.9. The first-order chi connectivity index (χ1) is 8.58. The van der Waals surface area contributed by atoms with Crippen molar-refractivity contribution < 1.29 is 8.78 Å². The van der Waals surface area contributed by atoms with E-state index in [0.717, 1.165) is 19.8 Å². The molecule has 0 saturated heterocycles. The topological polar surface area (TPSA) is 12.0 Å². The third-order valence-electron chi connectivity index (χ3n) is 2.43. The van der Waals surface area contributed by atoms with Gasteiger partial charge in [0.25, 0.3) is 0 Å². The van der Waals surface area contributed by atoms with E-state index in [9.17, 15) is 8.78 Å². The van der Waals surface area contributed by atoms with Crippen LogP contribution in [0, 0.1) is 15.2 Å². The Bertz CT molecular complexity index is 575. The molecule has 0 unspecified atom stereocenters. The Hall–Kier alpha value is -0.690. The van der Waals surface area contributed by atoms with Crippen LogP contribution in [0.15, 0.2) is 40.9 Å². The molecule has 94 valence electrons. The smallest absolute Gasteiger partial charge is 0.163 e. The van der Waals surface area contributed by atoms with E-state index in [0.29, 0.717) is 5.56 Å². The van der Waals surface area contributed by atoms with E-state index >= 15 is 0 Å². The summed E-state index contributed by atoms with van der Waals surface area (Å²) in [6.45, 7) is 0.239. The van der Waals surface area contributed by atoms with Crippen LogP contribution in [0.4, 0.5) is 14.5 Å². The standard InChI is InChI=1S/C13H9BrF2IN/c14-10-6-9(17)4-5-12(10)18-7-8-2-1-3-11(15)13(8)16/h1-6,18H,7H2. The zero-order valence-electron chi connectivity index (χ0n) is 9.18. The fourth-order valence-corrected chi connectivity index (χ4v) is 2.95. The molecule has 0 heterocycles. The number of nitrogens with one attached hydrogen (secondary N) is 1. The Labute approximate surface area is 126 Å². The van der Waals surface area contributed by atoms with Crippen molar-refractivity contribution in [2.24, 2.45) is 0 Å². The number of hydrogen-bond acceptors (Lipinski definition) is 1. The van der Waals surface area contributed by atoms with Crippen molar-refractivity contribution in [3.8, 4) is 0 Å². The highest BCUT2D eigenvalue weighted by molar-refractivity contribution is 14.1. The van der Waals surface area contributed by atoms with E-state index in [2.05, 4.69) is 43.8 Å². The molecular weight excluding hydrogens is 415 g/mol. The molecule has 0 aliphatic heterocycles. The lowest BCUT2D eigenvalue weighted by Gasteiger charge is -2.10. The van der Waals surface area contributed by atoms with Crippen molar-refractivity contribution in [3.63, 3.8) is 0 Å². The summed E-state index contributed by atoms with van der Waals surface area (Å²) in [5.74, 6) is -1.62. The highest BCUT2D eigenvalue weighted by atomic mass is 127. The predicted octanol–water partition coefficient (Wildman–Crippen LogP) is 4.94. The van der Waals surface area contributed by atoms with E-state index in [1.54, 1.807) is 6.07 Å². The van der Waals surface area contributed by atoms with Crippen LogP contribution in [0.25, 0.3) is 0 Å². The third-order valence-corrected chi connectivity index (χ3v) is 3.76. The van der Waals surface area contributed by atoms with Crippen LogP contribution in [0.2, 0.25) is 0 Å². The molecule has 0 aromatic heterocycles. The SMILES string of the molecule is Fc1cccc(CNc2ccc(I)cc2Br)c1F. The highest BCUT2D eigenvalue weighted by Gasteiger charge is 2.07. The molecule has 2 aromatic carbocycles. The van der Waals surface area contributed by atoms with Gasteiger partial charge in [0.2, 0.25) is 0 Å². The Morgan fingerprint density at radius 3 is 2.67 bits per heavy atom. The van der Waals surface area contributed by atoms with E-state index in [1.807, 2.05) is 18.2 Å². The third kappa shape index (κ3) is 3.20. The summed E-state index contributed by atoms with van der Waals surface area (Å²) in [5.41, 5.74) is 1.15. The Morgan fingerprint density at radius 2 is 1.94 bits per heavy atom. The van der Waals surface area contributed by atoms with Gasteiger partial charge in [-0.1, -0.05) is 12.1 Å². The van der Waals surface area contributed by atoms with E-state index in [1.165, 1.54) is 6.07 Å². The van der Waals surface area contributed by atoms with Crippen molar-refractivity contribution in [1.82, 2.24) is 0 Å². The molecule has 0 aliphatic carbocycles. The number of anilines is 1. The summed E-state index contributed by atoms with van der Waals surface area (Å²) in [6, 6.07) is 9.95. The number of halogens is 4. The average Bonchev–Trinajstić information content (AvgIpc) is 2.33. The second-order valence-electron chi connectivity index (χ2n) is 3.69. The van der Waals surface area contributed by atoms with Gasteiger partial charge < -0.3 is 5.32 Å².